The highest BCUT2D eigenvalue weighted by Gasteiger charge is 2.33. The van der Waals surface area contributed by atoms with Crippen molar-refractivity contribution in [2.24, 2.45) is 0 Å². The van der Waals surface area contributed by atoms with Crippen molar-refractivity contribution in [3.05, 3.63) is 65.7 Å². The van der Waals surface area contributed by atoms with Crippen LogP contribution in [0, 0.1) is 0 Å². The van der Waals surface area contributed by atoms with Crippen molar-refractivity contribution in [2.75, 3.05) is 13.2 Å². The van der Waals surface area contributed by atoms with E-state index in [1.165, 1.54) is 0 Å². The predicted molar refractivity (Wildman–Crippen MR) is 96.8 cm³/mol. The smallest absolute Gasteiger partial charge is 0.397 e. The van der Waals surface area contributed by atoms with Gasteiger partial charge in [0.25, 0.3) is 0 Å². The summed E-state index contributed by atoms with van der Waals surface area (Å²) in [6, 6.07) is 17.0. The third-order valence-corrected chi connectivity index (χ3v) is 5.40. The molecule has 2 aromatic carbocycles. The van der Waals surface area contributed by atoms with Crippen LogP contribution in [0.1, 0.15) is 25.0 Å². The van der Waals surface area contributed by atoms with E-state index in [4.69, 9.17) is 13.8 Å². The predicted octanol–water partition coefficient (Wildman–Crippen LogP) is 4.60. The molecule has 0 aliphatic carbocycles. The van der Waals surface area contributed by atoms with Crippen molar-refractivity contribution in [3.8, 4) is 5.75 Å². The van der Waals surface area contributed by atoms with Gasteiger partial charge in [0.05, 0.1) is 13.2 Å². The second-order valence-corrected chi connectivity index (χ2v) is 7.33. The number of hydrogen-bond donors (Lipinski definition) is 0. The van der Waals surface area contributed by atoms with Crippen LogP contribution in [0.25, 0.3) is 0 Å². The van der Waals surface area contributed by atoms with Crippen LogP contribution in [-0.4, -0.2) is 18.7 Å². The average molecular weight is 362 g/mol. The molecule has 25 heavy (non-hydrogen) atoms. The Morgan fingerprint density at radius 3 is 2.04 bits per heavy atom. The van der Waals surface area contributed by atoms with Crippen molar-refractivity contribution in [1.82, 2.24) is 0 Å². The Kier molecular flexibility index (Phi) is 7.38. The zero-order valence-corrected chi connectivity index (χ0v) is 15.4. The summed E-state index contributed by atoms with van der Waals surface area (Å²) in [4.78, 5) is 12.3. The van der Waals surface area contributed by atoms with Crippen molar-refractivity contribution < 1.29 is 23.1 Å². The molecule has 134 valence electrons. The zero-order chi connectivity index (χ0) is 18.1. The van der Waals surface area contributed by atoms with Gasteiger partial charge in [-0.3, -0.25) is 9.36 Å². The highest BCUT2D eigenvalue weighted by Crippen LogP contribution is 2.49. The summed E-state index contributed by atoms with van der Waals surface area (Å²) in [6.07, 6.45) is -0.00373. The van der Waals surface area contributed by atoms with Gasteiger partial charge < -0.3 is 13.8 Å². The molecule has 0 aliphatic rings. The van der Waals surface area contributed by atoms with Crippen molar-refractivity contribution in [2.45, 2.75) is 26.9 Å². The van der Waals surface area contributed by atoms with E-state index in [9.17, 15) is 9.36 Å². The second-order valence-electron chi connectivity index (χ2n) is 5.32. The minimum absolute atomic E-state index is 0.00373. The van der Waals surface area contributed by atoms with E-state index >= 15 is 0 Å². The van der Waals surface area contributed by atoms with Crippen LogP contribution < -0.4 is 4.74 Å². The molecule has 0 radical (unpaired) electrons. The van der Waals surface area contributed by atoms with Crippen molar-refractivity contribution in [3.63, 3.8) is 0 Å². The lowest BCUT2D eigenvalue weighted by Gasteiger charge is -2.15. The Bertz CT molecular complexity index is 702. The molecule has 0 atom stereocenters. The zero-order valence-electron chi connectivity index (χ0n) is 14.5. The Hall–Kier alpha value is -1.94. The van der Waals surface area contributed by atoms with Gasteiger partial charge in [-0.1, -0.05) is 42.5 Å². The van der Waals surface area contributed by atoms with Crippen molar-refractivity contribution >= 4 is 13.1 Å². The Morgan fingerprint density at radius 2 is 1.48 bits per heavy atom. The van der Waals surface area contributed by atoms with E-state index in [0.29, 0.717) is 12.4 Å². The van der Waals surface area contributed by atoms with E-state index in [1.54, 1.807) is 38.1 Å². The Balaban J connectivity index is 1.95. The number of rotatable bonds is 10. The Labute approximate surface area is 148 Å². The van der Waals surface area contributed by atoms with Crippen LogP contribution in [0.5, 0.6) is 5.75 Å². The molecule has 2 rings (SSSR count). The van der Waals surface area contributed by atoms with Gasteiger partial charge in [0, 0.05) is 6.42 Å². The molecule has 0 amide bonds. The van der Waals surface area contributed by atoms with Crippen LogP contribution in [0.2, 0.25) is 0 Å². The molecule has 0 saturated carbocycles. The molecule has 0 saturated heterocycles. The molecule has 0 N–H and O–H groups in total. The fourth-order valence-electron chi connectivity index (χ4n) is 2.24. The number of ether oxygens (including phenoxy) is 1. The maximum atomic E-state index is 12.4. The van der Waals surface area contributed by atoms with Crippen LogP contribution in [-0.2, 0) is 31.4 Å². The summed E-state index contributed by atoms with van der Waals surface area (Å²) < 4.78 is 28.3. The monoisotopic (exact) mass is 362 g/mol. The van der Waals surface area contributed by atoms with Crippen LogP contribution >= 0.6 is 7.60 Å². The van der Waals surface area contributed by atoms with Crippen LogP contribution in [0.3, 0.4) is 0 Å². The molecule has 0 bridgehead atoms. The lowest BCUT2D eigenvalue weighted by Crippen LogP contribution is -2.09. The molecule has 0 spiro atoms. The van der Waals surface area contributed by atoms with Gasteiger partial charge in [-0.05, 0) is 37.1 Å². The summed E-state index contributed by atoms with van der Waals surface area (Å²) in [6.45, 7) is 4.16. The maximum Gasteiger partial charge on any atom is 0.397 e. The number of benzene rings is 2. The fourth-order valence-corrected chi connectivity index (χ4v) is 3.66. The van der Waals surface area contributed by atoms with Gasteiger partial charge in [0.1, 0.15) is 12.4 Å². The lowest BCUT2D eigenvalue weighted by atomic mass is 10.1. The molecule has 2 aromatic rings. The average Bonchev–Trinajstić information content (AvgIpc) is 2.62. The summed E-state index contributed by atoms with van der Waals surface area (Å²) in [5.74, 6) is 0.706. The SMILES string of the molecule is CCOP(=O)(OCC)C(=O)Cc1ccc(OCc2ccccc2)cc1. The second kappa shape index (κ2) is 9.52. The minimum Gasteiger partial charge on any atom is -0.489 e. The summed E-state index contributed by atoms with van der Waals surface area (Å²) in [5, 5.41) is 0. The fraction of sp³-hybridized carbons (Fsp3) is 0.316. The van der Waals surface area contributed by atoms with E-state index in [1.807, 2.05) is 30.3 Å². The molecule has 0 fully saturated rings. The molecule has 6 heteroatoms. The van der Waals surface area contributed by atoms with Gasteiger partial charge in [0.15, 0.2) is 0 Å². The largest absolute Gasteiger partial charge is 0.489 e. The van der Waals surface area contributed by atoms with Gasteiger partial charge in [-0.15, -0.1) is 0 Å². The van der Waals surface area contributed by atoms with Gasteiger partial charge in [-0.25, -0.2) is 0 Å². The lowest BCUT2D eigenvalue weighted by molar-refractivity contribution is -0.113. The Morgan fingerprint density at radius 1 is 0.880 bits per heavy atom. The number of carbonyl (C=O) groups is 1. The molecule has 0 aromatic heterocycles. The molecule has 0 unspecified atom stereocenters. The standard InChI is InChI=1S/C19H23O5P/c1-3-23-25(21,24-4-2)19(20)14-16-10-12-18(13-11-16)22-15-17-8-6-5-7-9-17/h5-13H,3-4,14-15H2,1-2H3. The third kappa shape index (κ3) is 5.82. The first-order chi connectivity index (χ1) is 12.1. The van der Waals surface area contributed by atoms with E-state index < -0.39 is 13.1 Å². The summed E-state index contributed by atoms with van der Waals surface area (Å²) >= 11 is 0. The van der Waals surface area contributed by atoms with Gasteiger partial charge >= 0.3 is 7.60 Å². The molecule has 0 aliphatic heterocycles. The third-order valence-electron chi connectivity index (χ3n) is 3.43. The van der Waals surface area contributed by atoms with E-state index in [-0.39, 0.29) is 19.6 Å². The van der Waals surface area contributed by atoms with Crippen LogP contribution in [0.4, 0.5) is 0 Å². The molecular formula is C19H23O5P. The quantitative estimate of drug-likeness (QED) is 0.578. The minimum atomic E-state index is -3.71. The van der Waals surface area contributed by atoms with Gasteiger partial charge in [0.2, 0.25) is 5.52 Å². The van der Waals surface area contributed by atoms with E-state index in [2.05, 4.69) is 0 Å². The number of carbonyl (C=O) groups excluding carboxylic acids is 1. The highest BCUT2D eigenvalue weighted by atomic mass is 31.2. The maximum absolute atomic E-state index is 12.4. The summed E-state index contributed by atoms with van der Waals surface area (Å²) in [5.41, 5.74) is 1.28. The highest BCUT2D eigenvalue weighted by molar-refractivity contribution is 7.71. The normalized spacial score (nSPS) is 11.3. The van der Waals surface area contributed by atoms with E-state index in [0.717, 1.165) is 11.1 Å². The first kappa shape index (κ1) is 19.4. The first-order valence-electron chi connectivity index (χ1n) is 8.25. The molecular weight excluding hydrogens is 339 g/mol. The topological polar surface area (TPSA) is 61.8 Å². The molecule has 0 heterocycles. The first-order valence-corrected chi connectivity index (χ1v) is 9.80. The van der Waals surface area contributed by atoms with Gasteiger partial charge in [-0.2, -0.15) is 0 Å². The molecule has 5 nitrogen and oxygen atoms in total. The summed E-state index contributed by atoms with van der Waals surface area (Å²) in [7, 11) is -3.71. The number of hydrogen-bond acceptors (Lipinski definition) is 5. The van der Waals surface area contributed by atoms with Crippen LogP contribution in [0.15, 0.2) is 54.6 Å². The van der Waals surface area contributed by atoms with Crippen molar-refractivity contribution in [1.29, 1.82) is 0 Å².